The van der Waals surface area contributed by atoms with Gasteiger partial charge in [-0.15, -0.1) is 0 Å². The molecule has 20 heavy (non-hydrogen) atoms. The van der Waals surface area contributed by atoms with E-state index in [0.29, 0.717) is 22.3 Å². The maximum Gasteiger partial charge on any atom is 0.178 e. The molecule has 1 aromatic heterocycles. The molecule has 0 saturated carbocycles. The van der Waals surface area contributed by atoms with Gasteiger partial charge in [-0.2, -0.15) is 0 Å². The number of nitrogens with zero attached hydrogens (tertiary/aromatic N) is 1. The van der Waals surface area contributed by atoms with Crippen LogP contribution in [0.4, 0.5) is 8.78 Å². The van der Waals surface area contributed by atoms with Gasteiger partial charge in [0, 0.05) is 12.6 Å². The summed E-state index contributed by atoms with van der Waals surface area (Å²) in [5, 5.41) is 0. The molecule has 0 fully saturated rings. The van der Waals surface area contributed by atoms with Crippen LogP contribution in [0, 0.1) is 16.4 Å². The second-order valence-corrected chi connectivity index (χ2v) is 5.52. The van der Waals surface area contributed by atoms with Gasteiger partial charge in [-0.25, -0.2) is 8.78 Å². The predicted octanol–water partition coefficient (Wildman–Crippen LogP) is 5.34. The molecule has 0 amide bonds. The van der Waals surface area contributed by atoms with Crippen LogP contribution >= 0.6 is 12.2 Å². The molecule has 1 heterocycles. The number of aromatic amines is 1. The van der Waals surface area contributed by atoms with Crippen LogP contribution in [0.1, 0.15) is 45.4 Å². The molecule has 2 rings (SSSR count). The second-order valence-electron chi connectivity index (χ2n) is 5.13. The second kappa shape index (κ2) is 6.97. The zero-order chi connectivity index (χ0) is 14.5. The van der Waals surface area contributed by atoms with Crippen molar-refractivity contribution in [1.29, 1.82) is 0 Å². The number of aromatic nitrogens is 2. The summed E-state index contributed by atoms with van der Waals surface area (Å²) in [5.41, 5.74) is 0.809. The number of fused-ring (bicyclic) bond motifs is 1. The summed E-state index contributed by atoms with van der Waals surface area (Å²) >= 11 is 5.19. The lowest BCUT2D eigenvalue weighted by atomic mass is 10.1. The maximum absolute atomic E-state index is 13.6. The van der Waals surface area contributed by atoms with Gasteiger partial charge in [-0.05, 0) is 24.7 Å². The molecule has 0 unspecified atom stereocenters. The van der Waals surface area contributed by atoms with E-state index < -0.39 is 11.6 Å². The number of imidazole rings is 1. The Morgan fingerprint density at radius 3 is 2.55 bits per heavy atom. The van der Waals surface area contributed by atoms with Crippen molar-refractivity contribution in [2.24, 2.45) is 0 Å². The third-order valence-corrected chi connectivity index (χ3v) is 3.86. The Morgan fingerprint density at radius 1 is 1.10 bits per heavy atom. The standard InChI is InChI=1S/C15H20F2N2S/c1-2-3-4-5-6-7-8-19-13-10-11(16)9-12(17)14(13)18-15(19)20/h9-10H,2-8H2,1H3,(H,18,20). The third-order valence-electron chi connectivity index (χ3n) is 3.54. The highest BCUT2D eigenvalue weighted by Gasteiger charge is 2.10. The Balaban J connectivity index is 2.06. The zero-order valence-electron chi connectivity index (χ0n) is 11.7. The molecule has 0 atom stereocenters. The summed E-state index contributed by atoms with van der Waals surface area (Å²) in [6, 6.07) is 2.21. The fraction of sp³-hybridized carbons (Fsp3) is 0.533. The van der Waals surface area contributed by atoms with Crippen molar-refractivity contribution in [3.05, 3.63) is 28.5 Å². The molecule has 110 valence electrons. The minimum absolute atomic E-state index is 0.294. The summed E-state index contributed by atoms with van der Waals surface area (Å²) in [6.07, 6.45) is 7.04. The topological polar surface area (TPSA) is 20.7 Å². The van der Waals surface area contributed by atoms with E-state index in [-0.39, 0.29) is 0 Å². The molecule has 0 aliphatic carbocycles. The van der Waals surface area contributed by atoms with E-state index in [1.54, 1.807) is 4.57 Å². The molecule has 0 radical (unpaired) electrons. The van der Waals surface area contributed by atoms with Gasteiger partial charge >= 0.3 is 0 Å². The van der Waals surface area contributed by atoms with Crippen LogP contribution in [0.15, 0.2) is 12.1 Å². The molecule has 1 aromatic carbocycles. The number of nitrogens with one attached hydrogen (secondary N) is 1. The molecule has 0 bridgehead atoms. The van der Waals surface area contributed by atoms with Crippen LogP contribution in [-0.2, 0) is 6.54 Å². The van der Waals surface area contributed by atoms with Crippen LogP contribution in [0.5, 0.6) is 0 Å². The lowest BCUT2D eigenvalue weighted by molar-refractivity contribution is 0.560. The van der Waals surface area contributed by atoms with Gasteiger partial charge in [0.15, 0.2) is 10.6 Å². The normalized spacial score (nSPS) is 11.3. The number of hydrogen-bond acceptors (Lipinski definition) is 1. The van der Waals surface area contributed by atoms with Gasteiger partial charge in [-0.1, -0.05) is 39.0 Å². The van der Waals surface area contributed by atoms with E-state index in [0.717, 1.165) is 18.9 Å². The van der Waals surface area contributed by atoms with Crippen molar-refractivity contribution in [2.45, 2.75) is 52.0 Å². The molecule has 0 aliphatic heterocycles. The van der Waals surface area contributed by atoms with Crippen molar-refractivity contribution >= 4 is 23.3 Å². The highest BCUT2D eigenvalue weighted by molar-refractivity contribution is 7.71. The number of rotatable bonds is 7. The van der Waals surface area contributed by atoms with E-state index >= 15 is 0 Å². The average Bonchev–Trinajstić information content (AvgIpc) is 2.71. The van der Waals surface area contributed by atoms with E-state index in [2.05, 4.69) is 11.9 Å². The molecule has 0 saturated heterocycles. The summed E-state index contributed by atoms with van der Waals surface area (Å²) in [4.78, 5) is 2.82. The van der Waals surface area contributed by atoms with Gasteiger partial charge < -0.3 is 9.55 Å². The SMILES string of the molecule is CCCCCCCCn1c(=S)[nH]c2c(F)cc(F)cc21. The monoisotopic (exact) mass is 298 g/mol. The Kier molecular flexibility index (Phi) is 5.29. The Hall–Kier alpha value is -1.23. The summed E-state index contributed by atoms with van der Waals surface area (Å²) in [5.74, 6) is -1.16. The number of H-pyrrole nitrogens is 1. The lowest BCUT2D eigenvalue weighted by Gasteiger charge is -2.05. The van der Waals surface area contributed by atoms with Crippen molar-refractivity contribution in [1.82, 2.24) is 9.55 Å². The molecule has 2 aromatic rings. The van der Waals surface area contributed by atoms with Gasteiger partial charge in [0.25, 0.3) is 0 Å². The van der Waals surface area contributed by atoms with Crippen LogP contribution < -0.4 is 0 Å². The first-order valence-electron chi connectivity index (χ1n) is 7.21. The van der Waals surface area contributed by atoms with Crippen LogP contribution in [0.25, 0.3) is 11.0 Å². The number of hydrogen-bond donors (Lipinski definition) is 1. The number of unbranched alkanes of at least 4 members (excludes halogenated alkanes) is 5. The molecule has 2 nitrogen and oxygen atoms in total. The Bertz CT molecular complexity index is 631. The quantitative estimate of drug-likeness (QED) is 0.540. The van der Waals surface area contributed by atoms with Crippen molar-refractivity contribution in [3.63, 3.8) is 0 Å². The maximum atomic E-state index is 13.6. The lowest BCUT2D eigenvalue weighted by Crippen LogP contribution is -1.98. The zero-order valence-corrected chi connectivity index (χ0v) is 12.5. The molecule has 0 spiro atoms. The Morgan fingerprint density at radius 2 is 1.80 bits per heavy atom. The van der Waals surface area contributed by atoms with E-state index in [9.17, 15) is 8.78 Å². The highest BCUT2D eigenvalue weighted by atomic mass is 32.1. The number of aryl methyl sites for hydroxylation is 1. The minimum Gasteiger partial charge on any atom is -0.328 e. The molecule has 1 N–H and O–H groups in total. The van der Waals surface area contributed by atoms with Crippen LogP contribution in [0.3, 0.4) is 0 Å². The number of halogens is 2. The van der Waals surface area contributed by atoms with E-state index in [4.69, 9.17) is 12.2 Å². The fourth-order valence-corrected chi connectivity index (χ4v) is 2.74. The molecule has 0 aliphatic rings. The van der Waals surface area contributed by atoms with Crippen molar-refractivity contribution < 1.29 is 8.78 Å². The first-order valence-corrected chi connectivity index (χ1v) is 7.62. The molecular formula is C15H20F2N2S. The fourth-order valence-electron chi connectivity index (χ4n) is 2.45. The van der Waals surface area contributed by atoms with Gasteiger partial charge in [0.2, 0.25) is 0 Å². The van der Waals surface area contributed by atoms with Gasteiger partial charge in [0.1, 0.15) is 11.3 Å². The van der Waals surface area contributed by atoms with Crippen LogP contribution in [-0.4, -0.2) is 9.55 Å². The smallest absolute Gasteiger partial charge is 0.178 e. The summed E-state index contributed by atoms with van der Waals surface area (Å²) in [6.45, 7) is 2.89. The van der Waals surface area contributed by atoms with Gasteiger partial charge in [-0.3, -0.25) is 0 Å². The predicted molar refractivity (Wildman–Crippen MR) is 80.4 cm³/mol. The first kappa shape index (κ1) is 15.2. The van der Waals surface area contributed by atoms with Crippen molar-refractivity contribution in [2.75, 3.05) is 0 Å². The van der Waals surface area contributed by atoms with E-state index in [1.165, 1.54) is 31.7 Å². The van der Waals surface area contributed by atoms with Crippen molar-refractivity contribution in [3.8, 4) is 0 Å². The summed E-state index contributed by atoms with van der Waals surface area (Å²) in [7, 11) is 0. The highest BCUT2D eigenvalue weighted by Crippen LogP contribution is 2.20. The third kappa shape index (κ3) is 3.45. The number of benzene rings is 1. The summed E-state index contributed by atoms with van der Waals surface area (Å²) < 4.78 is 29.2. The van der Waals surface area contributed by atoms with E-state index in [1.807, 2.05) is 0 Å². The van der Waals surface area contributed by atoms with Crippen LogP contribution in [0.2, 0.25) is 0 Å². The molecule has 5 heteroatoms. The first-order chi connectivity index (χ1) is 9.63. The minimum atomic E-state index is -0.590. The Labute approximate surface area is 122 Å². The molecular weight excluding hydrogens is 278 g/mol. The average molecular weight is 298 g/mol. The van der Waals surface area contributed by atoms with Gasteiger partial charge in [0.05, 0.1) is 5.52 Å². The largest absolute Gasteiger partial charge is 0.328 e.